The van der Waals surface area contributed by atoms with E-state index in [1.807, 2.05) is 18.2 Å². The quantitative estimate of drug-likeness (QED) is 0.757. The molecule has 3 rings (SSSR count). The summed E-state index contributed by atoms with van der Waals surface area (Å²) in [5.74, 6) is -0.398. The Morgan fingerprint density at radius 3 is 2.11 bits per heavy atom. The fourth-order valence-electron chi connectivity index (χ4n) is 2.92. The maximum Gasteiger partial charge on any atom is 0.253 e. The van der Waals surface area contributed by atoms with Gasteiger partial charge in [-0.2, -0.15) is 0 Å². The van der Waals surface area contributed by atoms with Crippen molar-refractivity contribution >= 4 is 48.0 Å². The van der Waals surface area contributed by atoms with Gasteiger partial charge in [-0.05, 0) is 24.3 Å². The van der Waals surface area contributed by atoms with E-state index >= 15 is 0 Å². The molecular formula is C19H24Cl2N4O2. The lowest BCUT2D eigenvalue weighted by molar-refractivity contribution is -0.130. The molecule has 1 aliphatic heterocycles. The average molecular weight is 411 g/mol. The Hall–Kier alpha value is -2.44. The van der Waals surface area contributed by atoms with E-state index < -0.39 is 0 Å². The lowest BCUT2D eigenvalue weighted by atomic mass is 10.1. The molecule has 0 radical (unpaired) electrons. The minimum absolute atomic E-state index is 0. The number of rotatable bonds is 4. The van der Waals surface area contributed by atoms with Crippen LogP contribution in [-0.2, 0) is 4.79 Å². The normalized spacial score (nSPS) is 13.2. The zero-order valence-electron chi connectivity index (χ0n) is 14.8. The molecule has 0 aliphatic carbocycles. The molecule has 6 nitrogen and oxygen atoms in total. The Kier molecular flexibility index (Phi) is 8.91. The third-order valence-electron chi connectivity index (χ3n) is 4.36. The Bertz CT molecular complexity index is 750. The van der Waals surface area contributed by atoms with Crippen LogP contribution in [-0.4, -0.2) is 49.4 Å². The van der Waals surface area contributed by atoms with Crippen LogP contribution in [0.5, 0.6) is 0 Å². The highest BCUT2D eigenvalue weighted by Crippen LogP contribution is 2.15. The number of hydrogen-bond acceptors (Lipinski definition) is 4. The molecule has 1 aliphatic rings. The highest BCUT2D eigenvalue weighted by molar-refractivity contribution is 6.00. The molecule has 0 bridgehead atoms. The van der Waals surface area contributed by atoms with Crippen molar-refractivity contribution in [3.05, 3.63) is 60.2 Å². The number of nitrogens with one attached hydrogen (secondary N) is 1. The largest absolute Gasteiger partial charge is 0.398 e. The molecule has 0 aromatic heterocycles. The number of carbonyl (C=O) groups excluding carboxylic acids is 2. The zero-order valence-corrected chi connectivity index (χ0v) is 16.5. The minimum atomic E-state index is -0.325. The second-order valence-corrected chi connectivity index (χ2v) is 5.97. The van der Waals surface area contributed by atoms with Crippen molar-refractivity contribution in [1.29, 1.82) is 0 Å². The second kappa shape index (κ2) is 10.6. The monoisotopic (exact) mass is 410 g/mol. The van der Waals surface area contributed by atoms with Crippen molar-refractivity contribution in [2.45, 2.75) is 0 Å². The van der Waals surface area contributed by atoms with Gasteiger partial charge in [-0.15, -0.1) is 24.8 Å². The summed E-state index contributed by atoms with van der Waals surface area (Å²) in [6.45, 7) is 2.86. The zero-order chi connectivity index (χ0) is 17.6. The first kappa shape index (κ1) is 22.6. The number of nitrogens with two attached hydrogens (primary N) is 1. The van der Waals surface area contributed by atoms with E-state index in [1.54, 1.807) is 29.2 Å². The summed E-state index contributed by atoms with van der Waals surface area (Å²) in [7, 11) is 0. The van der Waals surface area contributed by atoms with E-state index in [9.17, 15) is 9.59 Å². The van der Waals surface area contributed by atoms with Crippen LogP contribution in [0.2, 0.25) is 0 Å². The third kappa shape index (κ3) is 5.77. The lowest BCUT2D eigenvalue weighted by Gasteiger charge is -2.36. The van der Waals surface area contributed by atoms with E-state index in [-0.39, 0.29) is 43.2 Å². The summed E-state index contributed by atoms with van der Waals surface area (Å²) in [5, 5.41) is 2.66. The van der Waals surface area contributed by atoms with Crippen molar-refractivity contribution in [1.82, 2.24) is 10.2 Å². The summed E-state index contributed by atoms with van der Waals surface area (Å²) >= 11 is 0. The predicted octanol–water partition coefficient (Wildman–Crippen LogP) is 2.19. The van der Waals surface area contributed by atoms with Crippen LogP contribution >= 0.6 is 24.8 Å². The van der Waals surface area contributed by atoms with Crippen molar-refractivity contribution in [2.75, 3.05) is 43.4 Å². The molecule has 1 heterocycles. The van der Waals surface area contributed by atoms with E-state index in [0.29, 0.717) is 24.3 Å². The van der Waals surface area contributed by atoms with Gasteiger partial charge in [-0.3, -0.25) is 9.59 Å². The van der Waals surface area contributed by atoms with Crippen LogP contribution < -0.4 is 16.0 Å². The number of anilines is 2. The fourth-order valence-corrected chi connectivity index (χ4v) is 2.92. The number of hydrogen-bond donors (Lipinski definition) is 2. The van der Waals surface area contributed by atoms with Gasteiger partial charge in [0.1, 0.15) is 0 Å². The molecule has 3 N–H and O–H groups in total. The van der Waals surface area contributed by atoms with Crippen LogP contribution in [0.3, 0.4) is 0 Å². The third-order valence-corrected chi connectivity index (χ3v) is 4.36. The van der Waals surface area contributed by atoms with Crippen LogP contribution in [0, 0.1) is 0 Å². The van der Waals surface area contributed by atoms with Gasteiger partial charge in [-0.25, -0.2) is 0 Å². The van der Waals surface area contributed by atoms with Crippen LogP contribution in [0.25, 0.3) is 0 Å². The first-order valence-corrected chi connectivity index (χ1v) is 8.35. The highest BCUT2D eigenvalue weighted by atomic mass is 35.5. The second-order valence-electron chi connectivity index (χ2n) is 5.97. The molecule has 146 valence electrons. The van der Waals surface area contributed by atoms with Crippen molar-refractivity contribution in [3.63, 3.8) is 0 Å². The summed E-state index contributed by atoms with van der Waals surface area (Å²) in [5.41, 5.74) is 7.75. The number of nitrogen functional groups attached to an aromatic ring is 1. The molecule has 0 unspecified atom stereocenters. The first-order valence-electron chi connectivity index (χ1n) is 8.35. The number of piperazine rings is 1. The van der Waals surface area contributed by atoms with E-state index in [0.717, 1.165) is 13.1 Å². The summed E-state index contributed by atoms with van der Waals surface area (Å²) in [4.78, 5) is 28.5. The number of para-hydroxylation sites is 2. The molecule has 0 spiro atoms. The SMILES string of the molecule is Cl.Cl.Nc1ccccc1C(=O)NCC(=O)N1CCN(c2ccccc2)CC1. The highest BCUT2D eigenvalue weighted by Gasteiger charge is 2.21. The van der Waals surface area contributed by atoms with Crippen LogP contribution in [0.4, 0.5) is 11.4 Å². The average Bonchev–Trinajstić information content (AvgIpc) is 2.67. The van der Waals surface area contributed by atoms with Gasteiger partial charge < -0.3 is 20.9 Å². The predicted molar refractivity (Wildman–Crippen MR) is 113 cm³/mol. The number of amides is 2. The molecule has 0 saturated carbocycles. The molecular weight excluding hydrogens is 387 g/mol. The van der Waals surface area contributed by atoms with Gasteiger partial charge in [0.25, 0.3) is 5.91 Å². The van der Waals surface area contributed by atoms with Crippen molar-refractivity contribution in [2.24, 2.45) is 0 Å². The Labute approximate surface area is 171 Å². The number of nitrogens with zero attached hydrogens (tertiary/aromatic N) is 2. The lowest BCUT2D eigenvalue weighted by Crippen LogP contribution is -2.51. The standard InChI is InChI=1S/C19H22N4O2.2ClH/c20-17-9-5-4-8-16(17)19(25)21-14-18(24)23-12-10-22(11-13-23)15-6-2-1-3-7-15;;/h1-9H,10-14,20H2,(H,21,25);2*1H. The Morgan fingerprint density at radius 2 is 1.48 bits per heavy atom. The van der Waals surface area contributed by atoms with Gasteiger partial charge in [0, 0.05) is 37.6 Å². The summed E-state index contributed by atoms with van der Waals surface area (Å²) in [6.07, 6.45) is 0. The van der Waals surface area contributed by atoms with Gasteiger partial charge in [-0.1, -0.05) is 30.3 Å². The molecule has 1 saturated heterocycles. The fraction of sp³-hybridized carbons (Fsp3) is 0.263. The topological polar surface area (TPSA) is 78.7 Å². The van der Waals surface area contributed by atoms with Crippen LogP contribution in [0.1, 0.15) is 10.4 Å². The van der Waals surface area contributed by atoms with Crippen molar-refractivity contribution in [3.8, 4) is 0 Å². The Balaban J connectivity index is 0.00000182. The maximum atomic E-state index is 12.3. The number of benzene rings is 2. The maximum absolute atomic E-state index is 12.3. The van der Waals surface area contributed by atoms with Gasteiger partial charge in [0.2, 0.25) is 5.91 Å². The minimum Gasteiger partial charge on any atom is -0.398 e. The van der Waals surface area contributed by atoms with Gasteiger partial charge in [0.05, 0.1) is 12.1 Å². The molecule has 0 atom stereocenters. The van der Waals surface area contributed by atoms with Crippen molar-refractivity contribution < 1.29 is 9.59 Å². The molecule has 2 aromatic rings. The first-order chi connectivity index (χ1) is 12.1. The van der Waals surface area contributed by atoms with E-state index in [4.69, 9.17) is 5.73 Å². The number of halogens is 2. The molecule has 27 heavy (non-hydrogen) atoms. The van der Waals surface area contributed by atoms with Gasteiger partial charge in [0.15, 0.2) is 0 Å². The number of carbonyl (C=O) groups is 2. The molecule has 8 heteroatoms. The van der Waals surface area contributed by atoms with E-state index in [2.05, 4.69) is 22.3 Å². The Morgan fingerprint density at radius 1 is 0.889 bits per heavy atom. The smallest absolute Gasteiger partial charge is 0.253 e. The summed E-state index contributed by atoms with van der Waals surface area (Å²) in [6, 6.07) is 17.0. The van der Waals surface area contributed by atoms with Crippen LogP contribution in [0.15, 0.2) is 54.6 Å². The molecule has 2 aromatic carbocycles. The molecule has 1 fully saturated rings. The molecule has 2 amide bonds. The van der Waals surface area contributed by atoms with Gasteiger partial charge >= 0.3 is 0 Å². The van der Waals surface area contributed by atoms with E-state index in [1.165, 1.54) is 5.69 Å². The summed E-state index contributed by atoms with van der Waals surface area (Å²) < 4.78 is 0.